The maximum atomic E-state index is 11.4. The largest absolute Gasteiger partial charge is 1.00 e. The van der Waals surface area contributed by atoms with Gasteiger partial charge in [-0.3, -0.25) is 4.79 Å². The van der Waals surface area contributed by atoms with E-state index in [1.807, 2.05) is 0 Å². The zero-order valence-electron chi connectivity index (χ0n) is 10.3. The number of hydrogen-bond acceptors (Lipinski definition) is 4. The van der Waals surface area contributed by atoms with Crippen LogP contribution in [0, 0.1) is 6.92 Å². The van der Waals surface area contributed by atoms with Gasteiger partial charge in [0.05, 0.1) is 6.61 Å². The number of halogens is 1. The van der Waals surface area contributed by atoms with Gasteiger partial charge in [0.15, 0.2) is 0 Å². The van der Waals surface area contributed by atoms with Gasteiger partial charge in [-0.25, -0.2) is 0 Å². The molecule has 1 aromatic rings. The molecule has 0 saturated heterocycles. The van der Waals surface area contributed by atoms with E-state index in [9.17, 15) is 15.2 Å². The summed E-state index contributed by atoms with van der Waals surface area (Å²) in [4.78, 5) is 15.2. The van der Waals surface area contributed by atoms with Crippen molar-refractivity contribution >= 4 is 27.5 Å². The van der Waals surface area contributed by atoms with E-state index in [2.05, 4.69) is 26.1 Å². The SMILES string of the molecule is Cc1cc(CO[O-])ccc1NC(=O)C(O)CBr.[Na+]. The number of aliphatic hydroxyl groups excluding tert-OH is 1. The molecule has 0 aliphatic rings. The van der Waals surface area contributed by atoms with Crippen molar-refractivity contribution in [3.8, 4) is 0 Å². The number of aliphatic hydroxyl groups is 1. The Morgan fingerprint density at radius 1 is 1.61 bits per heavy atom. The Kier molecular flexibility index (Phi) is 9.06. The molecule has 1 unspecified atom stereocenters. The second kappa shape index (κ2) is 9.03. The Hall–Kier alpha value is 0.0500. The van der Waals surface area contributed by atoms with Crippen LogP contribution in [0.4, 0.5) is 5.69 Å². The molecule has 0 heterocycles. The molecule has 7 heteroatoms. The minimum absolute atomic E-state index is 0. The van der Waals surface area contributed by atoms with Crippen molar-refractivity contribution in [2.45, 2.75) is 19.6 Å². The van der Waals surface area contributed by atoms with Crippen LogP contribution in [-0.4, -0.2) is 22.4 Å². The van der Waals surface area contributed by atoms with Crippen LogP contribution in [-0.2, 0) is 16.3 Å². The number of anilines is 1. The summed E-state index contributed by atoms with van der Waals surface area (Å²) in [5.41, 5.74) is 2.14. The molecule has 0 fully saturated rings. The van der Waals surface area contributed by atoms with E-state index in [4.69, 9.17) is 0 Å². The van der Waals surface area contributed by atoms with E-state index < -0.39 is 12.0 Å². The van der Waals surface area contributed by atoms with Gasteiger partial charge >= 0.3 is 29.6 Å². The molecule has 1 rings (SSSR count). The fourth-order valence-corrected chi connectivity index (χ4v) is 1.60. The molecule has 0 spiro atoms. The predicted molar refractivity (Wildman–Crippen MR) is 64.4 cm³/mol. The molecule has 0 saturated carbocycles. The van der Waals surface area contributed by atoms with E-state index in [-0.39, 0.29) is 41.5 Å². The molecule has 1 atom stereocenters. The summed E-state index contributed by atoms with van der Waals surface area (Å²) in [6, 6.07) is 5.09. The fourth-order valence-electron chi connectivity index (χ4n) is 1.31. The summed E-state index contributed by atoms with van der Waals surface area (Å²) in [5, 5.41) is 22.1. The smallest absolute Gasteiger partial charge is 0.723 e. The van der Waals surface area contributed by atoms with Gasteiger partial charge in [0.2, 0.25) is 0 Å². The molecule has 5 nitrogen and oxygen atoms in total. The zero-order chi connectivity index (χ0) is 12.8. The first-order valence-corrected chi connectivity index (χ1v) is 6.09. The van der Waals surface area contributed by atoms with E-state index in [1.165, 1.54) is 0 Å². The molecule has 2 N–H and O–H groups in total. The first-order valence-electron chi connectivity index (χ1n) is 4.97. The average Bonchev–Trinajstić information content (AvgIpc) is 2.31. The van der Waals surface area contributed by atoms with E-state index in [0.29, 0.717) is 5.69 Å². The Morgan fingerprint density at radius 3 is 2.78 bits per heavy atom. The molecular formula is C11H13BrNNaO4. The summed E-state index contributed by atoms with van der Waals surface area (Å²) in [6.07, 6.45) is -1.08. The second-order valence-electron chi connectivity index (χ2n) is 3.57. The van der Waals surface area contributed by atoms with Crippen molar-refractivity contribution in [2.24, 2.45) is 0 Å². The van der Waals surface area contributed by atoms with E-state index >= 15 is 0 Å². The van der Waals surface area contributed by atoms with Crippen molar-refractivity contribution in [1.82, 2.24) is 0 Å². The standard InChI is InChI=1S/C11H14BrNO4.Na/c1-7-4-8(6-17-16)2-3-9(7)13-11(15)10(14)5-12;/h2-4,10,14,16H,5-6H2,1H3,(H,13,15);/q;+1/p-1. The Bertz CT molecular complexity index is 403. The van der Waals surface area contributed by atoms with Crippen LogP contribution < -0.4 is 40.1 Å². The number of amides is 1. The molecule has 18 heavy (non-hydrogen) atoms. The quantitative estimate of drug-likeness (QED) is 0.271. The van der Waals surface area contributed by atoms with Crippen LogP contribution in [0.3, 0.4) is 0 Å². The maximum Gasteiger partial charge on any atom is 1.00 e. The topological polar surface area (TPSA) is 81.6 Å². The Balaban J connectivity index is 0.00000289. The summed E-state index contributed by atoms with van der Waals surface area (Å²) < 4.78 is 0. The Morgan fingerprint density at radius 2 is 2.28 bits per heavy atom. The van der Waals surface area contributed by atoms with Crippen molar-refractivity contribution in [2.75, 3.05) is 10.6 Å². The normalized spacial score (nSPS) is 11.6. The maximum absolute atomic E-state index is 11.4. The van der Waals surface area contributed by atoms with Gasteiger partial charge in [-0.15, -0.1) is 0 Å². The number of nitrogens with one attached hydrogen (secondary N) is 1. The van der Waals surface area contributed by atoms with Crippen molar-refractivity contribution < 1.29 is 49.6 Å². The Labute approximate surface area is 136 Å². The van der Waals surface area contributed by atoms with Crippen LogP contribution in [0.15, 0.2) is 18.2 Å². The minimum atomic E-state index is -1.08. The number of aryl methyl sites for hydroxylation is 1. The summed E-state index contributed by atoms with van der Waals surface area (Å²) in [5.74, 6) is -0.474. The van der Waals surface area contributed by atoms with Crippen molar-refractivity contribution in [1.29, 1.82) is 0 Å². The number of alkyl halides is 1. The first-order chi connectivity index (χ1) is 8.08. The van der Waals surface area contributed by atoms with Gasteiger partial charge in [-0.1, -0.05) is 28.1 Å². The van der Waals surface area contributed by atoms with Crippen LogP contribution >= 0.6 is 15.9 Å². The minimum Gasteiger partial charge on any atom is -0.723 e. The van der Waals surface area contributed by atoms with E-state index in [1.54, 1.807) is 25.1 Å². The molecule has 1 amide bonds. The number of benzene rings is 1. The number of hydrogen-bond donors (Lipinski definition) is 2. The van der Waals surface area contributed by atoms with Gasteiger partial charge < -0.3 is 20.6 Å². The van der Waals surface area contributed by atoms with Gasteiger partial charge in [-0.2, -0.15) is 0 Å². The number of carbonyl (C=O) groups is 1. The zero-order valence-corrected chi connectivity index (χ0v) is 13.9. The molecule has 0 radical (unpaired) electrons. The van der Waals surface area contributed by atoms with Gasteiger partial charge in [-0.05, 0) is 24.1 Å². The number of carbonyl (C=O) groups excluding carboxylic acids is 1. The van der Waals surface area contributed by atoms with Crippen molar-refractivity contribution in [3.05, 3.63) is 29.3 Å². The van der Waals surface area contributed by atoms with E-state index in [0.717, 1.165) is 11.1 Å². The van der Waals surface area contributed by atoms with Crippen molar-refractivity contribution in [3.63, 3.8) is 0 Å². The summed E-state index contributed by atoms with van der Waals surface area (Å²) in [7, 11) is 0. The fraction of sp³-hybridized carbons (Fsp3) is 0.364. The monoisotopic (exact) mass is 325 g/mol. The van der Waals surface area contributed by atoms with Gasteiger partial charge in [0.1, 0.15) is 6.10 Å². The third kappa shape index (κ3) is 5.36. The number of rotatable bonds is 5. The summed E-state index contributed by atoms with van der Waals surface area (Å²) >= 11 is 3.02. The van der Waals surface area contributed by atoms with Crippen LogP contribution in [0.1, 0.15) is 11.1 Å². The molecule has 94 valence electrons. The van der Waals surface area contributed by atoms with Crippen LogP contribution in [0.5, 0.6) is 0 Å². The van der Waals surface area contributed by atoms with Crippen LogP contribution in [0.2, 0.25) is 0 Å². The molecular weight excluding hydrogens is 313 g/mol. The van der Waals surface area contributed by atoms with Crippen LogP contribution in [0.25, 0.3) is 0 Å². The molecule has 0 aliphatic carbocycles. The third-order valence-electron chi connectivity index (χ3n) is 2.22. The van der Waals surface area contributed by atoms with Gasteiger partial charge in [0, 0.05) is 11.0 Å². The predicted octanol–water partition coefficient (Wildman–Crippen LogP) is -2.51. The summed E-state index contributed by atoms with van der Waals surface area (Å²) in [6.45, 7) is 1.78. The molecule has 0 aromatic heterocycles. The third-order valence-corrected chi connectivity index (χ3v) is 2.84. The van der Waals surface area contributed by atoms with Gasteiger partial charge in [0.25, 0.3) is 5.91 Å². The first kappa shape index (κ1) is 18.0. The molecule has 0 aliphatic heterocycles. The second-order valence-corrected chi connectivity index (χ2v) is 4.22. The molecule has 1 aromatic carbocycles. The average molecular weight is 326 g/mol. The molecule has 0 bridgehead atoms.